The van der Waals surface area contributed by atoms with Crippen LogP contribution in [0.15, 0.2) is 43.0 Å². The zero-order valence-corrected chi connectivity index (χ0v) is 14.0. The van der Waals surface area contributed by atoms with E-state index in [-0.39, 0.29) is 36.8 Å². The van der Waals surface area contributed by atoms with Crippen molar-refractivity contribution in [3.63, 3.8) is 0 Å². The standard InChI is InChI=1S/C19H28O4/c1-4-8-17-19(22-12-15-9-6-5-7-10-15)14(3)13(2)18(23-17)16(21)11-20/h4-7,9-10,13-14,16-21H,1,8,11-12H2,2-3H3/t13-,14-,16+,17+,18?,19?/m0/s1. The fraction of sp³-hybridized carbons (Fsp3) is 0.579. The van der Waals surface area contributed by atoms with E-state index >= 15 is 0 Å². The molecular formula is C19H28O4. The number of rotatable bonds is 7. The first-order valence-corrected chi connectivity index (χ1v) is 8.29. The Morgan fingerprint density at radius 3 is 2.57 bits per heavy atom. The molecule has 1 aromatic carbocycles. The van der Waals surface area contributed by atoms with Crippen LogP contribution in [0.4, 0.5) is 0 Å². The van der Waals surface area contributed by atoms with Gasteiger partial charge in [-0.25, -0.2) is 0 Å². The van der Waals surface area contributed by atoms with Crippen molar-refractivity contribution in [1.82, 2.24) is 0 Å². The Morgan fingerprint density at radius 2 is 1.96 bits per heavy atom. The molecule has 0 radical (unpaired) electrons. The lowest BCUT2D eigenvalue weighted by molar-refractivity contribution is -0.216. The molecular weight excluding hydrogens is 292 g/mol. The summed E-state index contributed by atoms with van der Waals surface area (Å²) >= 11 is 0. The maximum Gasteiger partial charge on any atom is 0.103 e. The molecule has 1 aliphatic heterocycles. The summed E-state index contributed by atoms with van der Waals surface area (Å²) in [4.78, 5) is 0. The van der Waals surface area contributed by atoms with E-state index < -0.39 is 6.10 Å². The largest absolute Gasteiger partial charge is 0.394 e. The van der Waals surface area contributed by atoms with Crippen molar-refractivity contribution in [2.24, 2.45) is 11.8 Å². The summed E-state index contributed by atoms with van der Waals surface area (Å²) in [6.45, 7) is 8.20. The summed E-state index contributed by atoms with van der Waals surface area (Å²) in [7, 11) is 0. The normalized spacial score (nSPS) is 32.4. The summed E-state index contributed by atoms with van der Waals surface area (Å²) < 4.78 is 12.2. The fourth-order valence-electron chi connectivity index (χ4n) is 3.26. The smallest absolute Gasteiger partial charge is 0.103 e. The van der Waals surface area contributed by atoms with E-state index in [0.717, 1.165) is 5.56 Å². The molecule has 1 fully saturated rings. The van der Waals surface area contributed by atoms with Gasteiger partial charge in [0.25, 0.3) is 0 Å². The second-order valence-electron chi connectivity index (χ2n) is 6.39. The maximum absolute atomic E-state index is 10.0. The molecule has 0 amide bonds. The van der Waals surface area contributed by atoms with Crippen molar-refractivity contribution in [3.05, 3.63) is 48.6 Å². The molecule has 2 rings (SSSR count). The lowest BCUT2D eigenvalue weighted by Crippen LogP contribution is -2.54. The predicted molar refractivity (Wildman–Crippen MR) is 89.9 cm³/mol. The Hall–Kier alpha value is -1.20. The van der Waals surface area contributed by atoms with Gasteiger partial charge in [-0.15, -0.1) is 6.58 Å². The van der Waals surface area contributed by atoms with E-state index in [1.165, 1.54) is 0 Å². The second kappa shape index (κ2) is 8.60. The molecule has 2 N–H and O–H groups in total. The Labute approximate surface area is 138 Å². The van der Waals surface area contributed by atoms with Crippen LogP contribution in [0.25, 0.3) is 0 Å². The molecule has 0 saturated carbocycles. The predicted octanol–water partition coefficient (Wildman–Crippen LogP) is 2.54. The quantitative estimate of drug-likeness (QED) is 0.758. The van der Waals surface area contributed by atoms with Crippen LogP contribution >= 0.6 is 0 Å². The Kier molecular flexibility index (Phi) is 6.78. The molecule has 0 spiro atoms. The van der Waals surface area contributed by atoms with Gasteiger partial charge in [0.15, 0.2) is 0 Å². The molecule has 2 unspecified atom stereocenters. The third kappa shape index (κ3) is 4.42. The Bertz CT molecular complexity index is 476. The fourth-order valence-corrected chi connectivity index (χ4v) is 3.26. The van der Waals surface area contributed by atoms with Crippen LogP contribution in [0.2, 0.25) is 0 Å². The van der Waals surface area contributed by atoms with Gasteiger partial charge >= 0.3 is 0 Å². The minimum absolute atomic E-state index is 0.0645. The van der Waals surface area contributed by atoms with Crippen molar-refractivity contribution < 1.29 is 19.7 Å². The third-order valence-electron chi connectivity index (χ3n) is 4.81. The van der Waals surface area contributed by atoms with Crippen molar-refractivity contribution in [2.75, 3.05) is 6.61 Å². The molecule has 23 heavy (non-hydrogen) atoms. The molecule has 6 atom stereocenters. The minimum atomic E-state index is -0.866. The summed E-state index contributed by atoms with van der Waals surface area (Å²) in [6.07, 6.45) is 1.00. The summed E-state index contributed by atoms with van der Waals surface area (Å²) in [5.74, 6) is 0.308. The van der Waals surface area contributed by atoms with Gasteiger partial charge in [0.2, 0.25) is 0 Å². The van der Waals surface area contributed by atoms with Gasteiger partial charge in [0, 0.05) is 0 Å². The molecule has 4 heteroatoms. The van der Waals surface area contributed by atoms with Gasteiger partial charge in [-0.2, -0.15) is 0 Å². The monoisotopic (exact) mass is 320 g/mol. The first-order chi connectivity index (χ1) is 11.1. The van der Waals surface area contributed by atoms with Gasteiger partial charge < -0.3 is 19.7 Å². The third-order valence-corrected chi connectivity index (χ3v) is 4.81. The Morgan fingerprint density at radius 1 is 1.26 bits per heavy atom. The van der Waals surface area contributed by atoms with Gasteiger partial charge in [-0.3, -0.25) is 0 Å². The van der Waals surface area contributed by atoms with Crippen LogP contribution in [-0.2, 0) is 16.1 Å². The minimum Gasteiger partial charge on any atom is -0.394 e. The first-order valence-electron chi connectivity index (χ1n) is 8.29. The molecule has 1 saturated heterocycles. The highest BCUT2D eigenvalue weighted by Gasteiger charge is 2.43. The van der Waals surface area contributed by atoms with Gasteiger partial charge in [-0.1, -0.05) is 50.3 Å². The first kappa shape index (κ1) is 18.1. The topological polar surface area (TPSA) is 58.9 Å². The summed E-state index contributed by atoms with van der Waals surface area (Å²) in [6, 6.07) is 10.1. The lowest BCUT2D eigenvalue weighted by Gasteiger charge is -2.45. The second-order valence-corrected chi connectivity index (χ2v) is 6.39. The summed E-state index contributed by atoms with van der Waals surface area (Å²) in [5.41, 5.74) is 1.13. The number of hydrogen-bond donors (Lipinski definition) is 2. The average molecular weight is 320 g/mol. The lowest BCUT2D eigenvalue weighted by atomic mass is 9.79. The van der Waals surface area contributed by atoms with E-state index in [4.69, 9.17) is 9.47 Å². The zero-order chi connectivity index (χ0) is 16.8. The molecule has 0 bridgehead atoms. The summed E-state index contributed by atoms with van der Waals surface area (Å²) in [5, 5.41) is 19.3. The number of benzene rings is 1. The van der Waals surface area contributed by atoms with Gasteiger partial charge in [0.05, 0.1) is 31.5 Å². The van der Waals surface area contributed by atoms with Gasteiger partial charge in [-0.05, 0) is 23.8 Å². The van der Waals surface area contributed by atoms with Crippen molar-refractivity contribution in [3.8, 4) is 0 Å². The molecule has 128 valence electrons. The van der Waals surface area contributed by atoms with E-state index in [2.05, 4.69) is 13.5 Å². The van der Waals surface area contributed by atoms with Crippen LogP contribution in [-0.4, -0.2) is 41.2 Å². The van der Waals surface area contributed by atoms with Crippen LogP contribution < -0.4 is 0 Å². The zero-order valence-electron chi connectivity index (χ0n) is 14.0. The van der Waals surface area contributed by atoms with E-state index in [1.54, 1.807) is 0 Å². The average Bonchev–Trinajstić information content (AvgIpc) is 2.58. The van der Waals surface area contributed by atoms with E-state index in [9.17, 15) is 10.2 Å². The van der Waals surface area contributed by atoms with Crippen molar-refractivity contribution in [1.29, 1.82) is 0 Å². The molecule has 1 aromatic rings. The highest BCUT2D eigenvalue weighted by atomic mass is 16.6. The molecule has 0 aliphatic carbocycles. The van der Waals surface area contributed by atoms with Crippen LogP contribution in [0.1, 0.15) is 25.8 Å². The highest BCUT2D eigenvalue weighted by molar-refractivity contribution is 5.13. The van der Waals surface area contributed by atoms with Gasteiger partial charge in [0.1, 0.15) is 6.10 Å². The number of aliphatic hydroxyl groups is 2. The molecule has 0 aromatic heterocycles. The SMILES string of the molecule is C=CC[C@H]1OC([C@H](O)CO)[C@@H](C)[C@H](C)C1OCc1ccccc1. The number of ether oxygens (including phenoxy) is 2. The van der Waals surface area contributed by atoms with Crippen molar-refractivity contribution >= 4 is 0 Å². The van der Waals surface area contributed by atoms with Crippen LogP contribution in [0, 0.1) is 11.8 Å². The maximum atomic E-state index is 10.0. The van der Waals surface area contributed by atoms with E-state index in [1.807, 2.05) is 43.3 Å². The molecule has 1 aliphatic rings. The number of hydrogen-bond acceptors (Lipinski definition) is 4. The number of aliphatic hydroxyl groups excluding tert-OH is 2. The van der Waals surface area contributed by atoms with Crippen LogP contribution in [0.5, 0.6) is 0 Å². The Balaban J connectivity index is 2.08. The molecule has 1 heterocycles. The van der Waals surface area contributed by atoms with Crippen LogP contribution in [0.3, 0.4) is 0 Å². The van der Waals surface area contributed by atoms with Crippen molar-refractivity contribution in [2.45, 2.75) is 51.3 Å². The molecule has 4 nitrogen and oxygen atoms in total. The highest BCUT2D eigenvalue weighted by Crippen LogP contribution is 2.35. The van der Waals surface area contributed by atoms with E-state index in [0.29, 0.717) is 13.0 Å².